The van der Waals surface area contributed by atoms with Gasteiger partial charge in [-0.25, -0.2) is 0 Å². The van der Waals surface area contributed by atoms with Gasteiger partial charge in [0.1, 0.15) is 6.10 Å². The van der Waals surface area contributed by atoms with E-state index < -0.39 is 5.41 Å². The fourth-order valence-corrected chi connectivity index (χ4v) is 2.98. The Balaban J connectivity index is 2.09. The lowest BCUT2D eigenvalue weighted by molar-refractivity contribution is -0.132. The summed E-state index contributed by atoms with van der Waals surface area (Å²) >= 11 is 0. The summed E-state index contributed by atoms with van der Waals surface area (Å²) in [6.45, 7) is 5.11. The van der Waals surface area contributed by atoms with Crippen LogP contribution in [-0.2, 0) is 9.53 Å². The summed E-state index contributed by atoms with van der Waals surface area (Å²) in [5, 5.41) is 3.18. The van der Waals surface area contributed by atoms with E-state index in [1.54, 1.807) is 0 Å². The molecule has 21 heavy (non-hydrogen) atoms. The van der Waals surface area contributed by atoms with Crippen LogP contribution in [0.3, 0.4) is 0 Å². The van der Waals surface area contributed by atoms with E-state index in [9.17, 15) is 4.79 Å². The summed E-state index contributed by atoms with van der Waals surface area (Å²) in [6, 6.07) is 10.1. The molecule has 1 aliphatic rings. The van der Waals surface area contributed by atoms with E-state index in [0.717, 1.165) is 24.8 Å². The van der Waals surface area contributed by atoms with Gasteiger partial charge in [0.05, 0.1) is 11.5 Å². The fourth-order valence-electron chi connectivity index (χ4n) is 2.98. The van der Waals surface area contributed by atoms with Gasteiger partial charge < -0.3 is 15.8 Å². The summed E-state index contributed by atoms with van der Waals surface area (Å²) in [7, 11) is 0. The van der Waals surface area contributed by atoms with Crippen LogP contribution in [0.25, 0.3) is 0 Å². The highest BCUT2D eigenvalue weighted by atomic mass is 16.5. The molecule has 1 aliphatic heterocycles. The molecule has 2 rings (SSSR count). The lowest BCUT2D eigenvalue weighted by Gasteiger charge is -2.31. The van der Waals surface area contributed by atoms with Crippen LogP contribution in [-0.4, -0.2) is 25.1 Å². The molecule has 0 saturated carbocycles. The molecule has 1 amide bonds. The Morgan fingerprint density at radius 3 is 2.57 bits per heavy atom. The Morgan fingerprint density at radius 2 is 2.00 bits per heavy atom. The quantitative estimate of drug-likeness (QED) is 0.845. The summed E-state index contributed by atoms with van der Waals surface area (Å²) < 4.78 is 5.82. The third kappa shape index (κ3) is 3.27. The van der Waals surface area contributed by atoms with Crippen molar-refractivity contribution in [1.29, 1.82) is 0 Å². The lowest BCUT2D eigenvalue weighted by atomic mass is 9.81. The number of nitrogens with two attached hydrogens (primary N) is 1. The van der Waals surface area contributed by atoms with Crippen LogP contribution in [0.15, 0.2) is 30.3 Å². The predicted molar refractivity (Wildman–Crippen MR) is 83.8 cm³/mol. The maximum absolute atomic E-state index is 12.6. The van der Waals surface area contributed by atoms with E-state index in [1.807, 2.05) is 44.2 Å². The molecule has 4 nitrogen and oxygen atoms in total. The predicted octanol–water partition coefficient (Wildman–Crippen LogP) is 2.40. The highest BCUT2D eigenvalue weighted by Crippen LogP contribution is 2.31. The zero-order chi connectivity index (χ0) is 15.3. The van der Waals surface area contributed by atoms with Gasteiger partial charge >= 0.3 is 0 Å². The molecule has 116 valence electrons. The molecule has 1 saturated heterocycles. The Labute approximate surface area is 127 Å². The Bertz CT molecular complexity index is 449. The molecule has 0 spiro atoms. The molecule has 0 bridgehead atoms. The largest absolute Gasteiger partial charge is 0.371 e. The third-order valence-corrected chi connectivity index (χ3v) is 4.76. The zero-order valence-electron chi connectivity index (χ0n) is 13.0. The molecule has 1 aromatic rings. The SMILES string of the molecule is CCC(CC)(CN)C(=O)NC1CCOC1c1ccccc1. The number of amides is 1. The summed E-state index contributed by atoms with van der Waals surface area (Å²) in [5.41, 5.74) is 6.52. The smallest absolute Gasteiger partial charge is 0.227 e. The number of hydrogen-bond acceptors (Lipinski definition) is 3. The van der Waals surface area contributed by atoms with Gasteiger partial charge in [-0.2, -0.15) is 0 Å². The van der Waals surface area contributed by atoms with Gasteiger partial charge in [-0.1, -0.05) is 44.2 Å². The Hall–Kier alpha value is -1.39. The van der Waals surface area contributed by atoms with Crippen LogP contribution >= 0.6 is 0 Å². The highest BCUT2D eigenvalue weighted by molar-refractivity contribution is 5.83. The van der Waals surface area contributed by atoms with E-state index >= 15 is 0 Å². The zero-order valence-corrected chi connectivity index (χ0v) is 13.0. The minimum absolute atomic E-state index is 0.0314. The summed E-state index contributed by atoms with van der Waals surface area (Å²) in [5.74, 6) is 0.0615. The standard InChI is InChI=1S/C17H26N2O2/c1-3-17(4-2,12-18)16(20)19-14-10-11-21-15(14)13-8-6-5-7-9-13/h5-9,14-15H,3-4,10-12,18H2,1-2H3,(H,19,20). The van der Waals surface area contributed by atoms with Crippen molar-refractivity contribution in [2.24, 2.45) is 11.1 Å². The second kappa shape index (κ2) is 7.05. The maximum Gasteiger partial charge on any atom is 0.227 e. The maximum atomic E-state index is 12.6. The van der Waals surface area contributed by atoms with Crippen molar-refractivity contribution >= 4 is 5.91 Å². The Kier molecular flexibility index (Phi) is 5.37. The summed E-state index contributed by atoms with van der Waals surface area (Å²) in [4.78, 5) is 12.6. The summed E-state index contributed by atoms with van der Waals surface area (Å²) in [6.07, 6.45) is 2.31. The monoisotopic (exact) mass is 290 g/mol. The first kappa shape index (κ1) is 16.0. The molecular weight excluding hydrogens is 264 g/mol. The normalized spacial score (nSPS) is 22.2. The Morgan fingerprint density at radius 1 is 1.33 bits per heavy atom. The molecule has 1 fully saturated rings. The first-order valence-corrected chi connectivity index (χ1v) is 7.84. The van der Waals surface area contributed by atoms with Crippen molar-refractivity contribution < 1.29 is 9.53 Å². The van der Waals surface area contributed by atoms with Crippen LogP contribution in [0.5, 0.6) is 0 Å². The van der Waals surface area contributed by atoms with E-state index in [-0.39, 0.29) is 18.1 Å². The number of carbonyl (C=O) groups excluding carboxylic acids is 1. The van der Waals surface area contributed by atoms with Crippen molar-refractivity contribution in [2.45, 2.75) is 45.3 Å². The van der Waals surface area contributed by atoms with Gasteiger partial charge in [-0.15, -0.1) is 0 Å². The molecule has 0 aromatic heterocycles. The second-order valence-electron chi connectivity index (χ2n) is 5.76. The molecule has 4 heteroatoms. The van der Waals surface area contributed by atoms with Crippen molar-refractivity contribution in [3.63, 3.8) is 0 Å². The van der Waals surface area contributed by atoms with Gasteiger partial charge in [0.2, 0.25) is 5.91 Å². The van der Waals surface area contributed by atoms with Crippen molar-refractivity contribution in [3.05, 3.63) is 35.9 Å². The van der Waals surface area contributed by atoms with Gasteiger partial charge in [-0.05, 0) is 24.8 Å². The average molecular weight is 290 g/mol. The number of ether oxygens (including phenoxy) is 1. The molecule has 1 aromatic carbocycles. The minimum atomic E-state index is -0.455. The average Bonchev–Trinajstić information content (AvgIpc) is 2.98. The molecule has 3 N–H and O–H groups in total. The van der Waals surface area contributed by atoms with Crippen molar-refractivity contribution in [2.75, 3.05) is 13.2 Å². The molecule has 0 aliphatic carbocycles. The highest BCUT2D eigenvalue weighted by Gasteiger charge is 2.38. The van der Waals surface area contributed by atoms with Crippen molar-refractivity contribution in [3.8, 4) is 0 Å². The van der Waals surface area contributed by atoms with Crippen LogP contribution in [0, 0.1) is 5.41 Å². The molecule has 2 unspecified atom stereocenters. The van der Waals surface area contributed by atoms with Gasteiger partial charge in [0.25, 0.3) is 0 Å². The van der Waals surface area contributed by atoms with Crippen LogP contribution < -0.4 is 11.1 Å². The first-order valence-electron chi connectivity index (χ1n) is 7.84. The van der Waals surface area contributed by atoms with Gasteiger partial charge in [-0.3, -0.25) is 4.79 Å². The van der Waals surface area contributed by atoms with Crippen LogP contribution in [0.4, 0.5) is 0 Å². The second-order valence-corrected chi connectivity index (χ2v) is 5.76. The number of nitrogens with one attached hydrogen (secondary N) is 1. The van der Waals surface area contributed by atoms with Gasteiger partial charge in [0, 0.05) is 13.2 Å². The fraction of sp³-hybridized carbons (Fsp3) is 0.588. The number of benzene rings is 1. The molecule has 1 heterocycles. The molecular formula is C17H26N2O2. The van der Waals surface area contributed by atoms with E-state index in [0.29, 0.717) is 13.2 Å². The van der Waals surface area contributed by atoms with E-state index in [1.165, 1.54) is 0 Å². The van der Waals surface area contributed by atoms with Crippen molar-refractivity contribution in [1.82, 2.24) is 5.32 Å². The van der Waals surface area contributed by atoms with Crippen LogP contribution in [0.2, 0.25) is 0 Å². The topological polar surface area (TPSA) is 64.4 Å². The molecule has 0 radical (unpaired) electrons. The lowest BCUT2D eigenvalue weighted by Crippen LogP contribution is -2.49. The van der Waals surface area contributed by atoms with E-state index in [4.69, 9.17) is 10.5 Å². The van der Waals surface area contributed by atoms with Crippen LogP contribution in [0.1, 0.15) is 44.8 Å². The molecule has 2 atom stereocenters. The first-order chi connectivity index (χ1) is 10.2. The minimum Gasteiger partial charge on any atom is -0.371 e. The number of hydrogen-bond donors (Lipinski definition) is 2. The number of rotatable bonds is 6. The number of carbonyl (C=O) groups is 1. The van der Waals surface area contributed by atoms with Gasteiger partial charge in [0.15, 0.2) is 0 Å². The third-order valence-electron chi connectivity index (χ3n) is 4.76. The van der Waals surface area contributed by atoms with E-state index in [2.05, 4.69) is 5.32 Å².